The van der Waals surface area contributed by atoms with Gasteiger partial charge in [0.1, 0.15) is 0 Å². The summed E-state index contributed by atoms with van der Waals surface area (Å²) in [6, 6.07) is 27.1. The number of carbonyl (C=O) groups is 1. The van der Waals surface area contributed by atoms with E-state index in [-0.39, 0.29) is 5.82 Å². The number of nitrogens with zero attached hydrogens (tertiary/aromatic N) is 4. The van der Waals surface area contributed by atoms with Crippen molar-refractivity contribution in [1.29, 1.82) is 0 Å². The van der Waals surface area contributed by atoms with Crippen molar-refractivity contribution in [2.45, 2.75) is 0 Å². The number of benzene rings is 3. The molecule has 0 fully saturated rings. The lowest BCUT2D eigenvalue weighted by molar-refractivity contribution is 0.0945. The van der Waals surface area contributed by atoms with E-state index in [1.54, 1.807) is 10.9 Å². The molecule has 0 unspecified atom stereocenters. The molecule has 0 radical (unpaired) electrons. The van der Waals surface area contributed by atoms with Crippen LogP contribution in [0.4, 0.5) is 0 Å². The maximum atomic E-state index is 12.7. The molecule has 0 atom stereocenters. The predicted molar refractivity (Wildman–Crippen MR) is 120 cm³/mol. The number of carbonyl (C=O) groups excluding carboxylic acids is 1. The number of hydrogen-bond donors (Lipinski definition) is 2. The second kappa shape index (κ2) is 8.08. The summed E-state index contributed by atoms with van der Waals surface area (Å²) in [5.74, 6) is 0.138. The molecule has 2 heterocycles. The van der Waals surface area contributed by atoms with E-state index in [0.29, 0.717) is 5.82 Å². The van der Waals surface area contributed by atoms with E-state index in [9.17, 15) is 4.79 Å². The number of aromatic amines is 1. The number of aromatic nitrogens is 4. The van der Waals surface area contributed by atoms with Gasteiger partial charge in [-0.3, -0.25) is 4.79 Å². The van der Waals surface area contributed by atoms with Gasteiger partial charge in [0, 0.05) is 28.2 Å². The van der Waals surface area contributed by atoms with Crippen molar-refractivity contribution < 1.29 is 4.79 Å². The molecule has 0 aliphatic rings. The second-order valence-electron chi connectivity index (χ2n) is 6.86. The number of hydrazone groups is 1. The van der Waals surface area contributed by atoms with Crippen LogP contribution in [0.1, 0.15) is 16.2 Å². The quantitative estimate of drug-likeness (QED) is 0.339. The average molecular weight is 406 g/mol. The molecule has 0 saturated carbocycles. The van der Waals surface area contributed by atoms with Crippen LogP contribution < -0.4 is 5.43 Å². The van der Waals surface area contributed by atoms with E-state index in [0.717, 1.165) is 27.7 Å². The topological polar surface area (TPSA) is 88.0 Å². The van der Waals surface area contributed by atoms with Crippen LogP contribution in [0.3, 0.4) is 0 Å². The van der Waals surface area contributed by atoms with Gasteiger partial charge >= 0.3 is 5.91 Å². The van der Waals surface area contributed by atoms with Crippen LogP contribution in [0.25, 0.3) is 28.0 Å². The highest BCUT2D eigenvalue weighted by molar-refractivity contribution is 5.99. The van der Waals surface area contributed by atoms with Crippen LogP contribution in [0, 0.1) is 0 Å². The summed E-state index contributed by atoms with van der Waals surface area (Å²) in [7, 11) is 0. The third-order valence-electron chi connectivity index (χ3n) is 4.83. The Balaban J connectivity index is 1.43. The van der Waals surface area contributed by atoms with Gasteiger partial charge in [0.25, 0.3) is 0 Å². The minimum absolute atomic E-state index is 0.0405. The number of para-hydroxylation sites is 2. The van der Waals surface area contributed by atoms with E-state index in [2.05, 4.69) is 25.6 Å². The Hall–Kier alpha value is -4.52. The Kier molecular flexibility index (Phi) is 4.82. The highest BCUT2D eigenvalue weighted by Gasteiger charge is 2.18. The zero-order valence-electron chi connectivity index (χ0n) is 16.4. The molecule has 0 aliphatic carbocycles. The molecular formula is C24H18N6O. The number of H-pyrrole nitrogens is 1. The van der Waals surface area contributed by atoms with Crippen molar-refractivity contribution in [3.05, 3.63) is 103 Å². The Labute approximate surface area is 178 Å². The minimum Gasteiger partial charge on any atom is -0.361 e. The number of hydrogen-bond acceptors (Lipinski definition) is 4. The lowest BCUT2D eigenvalue weighted by atomic mass is 10.2. The van der Waals surface area contributed by atoms with E-state index < -0.39 is 5.91 Å². The molecule has 0 saturated heterocycles. The molecule has 2 aromatic heterocycles. The van der Waals surface area contributed by atoms with Crippen molar-refractivity contribution in [2.75, 3.05) is 0 Å². The van der Waals surface area contributed by atoms with E-state index >= 15 is 0 Å². The molecule has 2 N–H and O–H groups in total. The summed E-state index contributed by atoms with van der Waals surface area (Å²) in [6.45, 7) is 0. The maximum absolute atomic E-state index is 12.7. The maximum Gasteiger partial charge on any atom is 0.311 e. The average Bonchev–Trinajstić information content (AvgIpc) is 3.45. The smallest absolute Gasteiger partial charge is 0.311 e. The molecule has 1 amide bonds. The number of fused-ring (bicyclic) bond motifs is 1. The van der Waals surface area contributed by atoms with Gasteiger partial charge in [-0.05, 0) is 18.2 Å². The predicted octanol–water partition coefficient (Wildman–Crippen LogP) is 4.18. The summed E-state index contributed by atoms with van der Waals surface area (Å²) < 4.78 is 1.66. The van der Waals surface area contributed by atoms with Crippen LogP contribution in [-0.2, 0) is 0 Å². The third kappa shape index (κ3) is 3.72. The fraction of sp³-hybridized carbons (Fsp3) is 0. The highest BCUT2D eigenvalue weighted by atomic mass is 16.2. The number of nitrogens with one attached hydrogen (secondary N) is 2. The first kappa shape index (κ1) is 18.5. The van der Waals surface area contributed by atoms with Crippen molar-refractivity contribution in [2.24, 2.45) is 5.10 Å². The monoisotopic (exact) mass is 406 g/mol. The fourth-order valence-electron chi connectivity index (χ4n) is 3.34. The molecule has 7 heteroatoms. The van der Waals surface area contributed by atoms with E-state index in [4.69, 9.17) is 0 Å². The van der Waals surface area contributed by atoms with Crippen LogP contribution in [0.2, 0.25) is 0 Å². The zero-order chi connectivity index (χ0) is 21.0. The first-order valence-electron chi connectivity index (χ1n) is 9.77. The largest absolute Gasteiger partial charge is 0.361 e. The summed E-state index contributed by atoms with van der Waals surface area (Å²) in [4.78, 5) is 20.3. The SMILES string of the molecule is O=C(N/N=C/c1c[nH]c2ccccc12)c1nc(-c2ccccc2)n(-c2ccccc2)n1. The molecule has 0 spiro atoms. The molecule has 31 heavy (non-hydrogen) atoms. The second-order valence-corrected chi connectivity index (χ2v) is 6.86. The van der Waals surface area contributed by atoms with Crippen LogP contribution in [-0.4, -0.2) is 31.9 Å². The van der Waals surface area contributed by atoms with Gasteiger partial charge in [-0.15, -0.1) is 5.10 Å². The van der Waals surface area contributed by atoms with Gasteiger partial charge in [-0.2, -0.15) is 5.10 Å². The Morgan fingerprint density at radius 2 is 1.65 bits per heavy atom. The van der Waals surface area contributed by atoms with E-state index in [1.165, 1.54) is 0 Å². The van der Waals surface area contributed by atoms with Gasteiger partial charge in [0.05, 0.1) is 11.9 Å². The number of rotatable bonds is 5. The van der Waals surface area contributed by atoms with Crippen LogP contribution in [0.5, 0.6) is 0 Å². The molecular weight excluding hydrogens is 388 g/mol. The van der Waals surface area contributed by atoms with Crippen molar-refractivity contribution in [3.8, 4) is 17.1 Å². The van der Waals surface area contributed by atoms with Gasteiger partial charge in [0.2, 0.25) is 5.82 Å². The summed E-state index contributed by atoms with van der Waals surface area (Å²) in [6.07, 6.45) is 3.44. The lowest BCUT2D eigenvalue weighted by Gasteiger charge is -2.05. The van der Waals surface area contributed by atoms with Crippen LogP contribution >= 0.6 is 0 Å². The van der Waals surface area contributed by atoms with Gasteiger partial charge in [-0.1, -0.05) is 66.7 Å². The van der Waals surface area contributed by atoms with Gasteiger partial charge < -0.3 is 4.98 Å². The van der Waals surface area contributed by atoms with Crippen molar-refractivity contribution >= 4 is 23.0 Å². The summed E-state index contributed by atoms with van der Waals surface area (Å²) in [5, 5.41) is 9.55. The minimum atomic E-state index is -0.483. The molecule has 7 nitrogen and oxygen atoms in total. The highest BCUT2D eigenvalue weighted by Crippen LogP contribution is 2.21. The molecule has 5 aromatic rings. The first-order valence-corrected chi connectivity index (χ1v) is 9.77. The standard InChI is InChI=1S/C24H18N6O/c31-24(28-26-16-18-15-25-21-14-8-7-13-20(18)21)22-27-23(17-9-3-1-4-10-17)30(29-22)19-11-5-2-6-12-19/h1-16,25H,(H,28,31)/b26-16+. The zero-order valence-corrected chi connectivity index (χ0v) is 16.4. The normalized spacial score (nSPS) is 11.2. The van der Waals surface area contributed by atoms with Crippen LogP contribution in [0.15, 0.2) is 96.2 Å². The fourth-order valence-corrected chi connectivity index (χ4v) is 3.34. The molecule has 0 aliphatic heterocycles. The molecule has 0 bridgehead atoms. The molecule has 150 valence electrons. The van der Waals surface area contributed by atoms with E-state index in [1.807, 2.05) is 91.1 Å². The third-order valence-corrected chi connectivity index (χ3v) is 4.83. The Morgan fingerprint density at radius 1 is 0.935 bits per heavy atom. The van der Waals surface area contributed by atoms with Gasteiger partial charge in [0.15, 0.2) is 5.82 Å². The summed E-state index contributed by atoms with van der Waals surface area (Å²) >= 11 is 0. The molecule has 3 aromatic carbocycles. The van der Waals surface area contributed by atoms with Gasteiger partial charge in [-0.25, -0.2) is 15.1 Å². The van der Waals surface area contributed by atoms with Crippen molar-refractivity contribution in [1.82, 2.24) is 25.2 Å². The molecule has 5 rings (SSSR count). The number of amides is 1. The Morgan fingerprint density at radius 3 is 2.45 bits per heavy atom. The van der Waals surface area contributed by atoms with Crippen molar-refractivity contribution in [3.63, 3.8) is 0 Å². The summed E-state index contributed by atoms with van der Waals surface area (Å²) in [5.41, 5.74) is 6.08. The first-order chi connectivity index (χ1) is 15.3. The lowest BCUT2D eigenvalue weighted by Crippen LogP contribution is -2.19. The Bertz CT molecular complexity index is 1310.